The number of ether oxygens (including phenoxy) is 3. The molecular weight excluding hydrogens is 470 g/mol. The molecule has 0 heterocycles. The summed E-state index contributed by atoms with van der Waals surface area (Å²) in [5, 5.41) is 8.84. The van der Waals surface area contributed by atoms with Crippen LogP contribution in [0.3, 0.4) is 0 Å². The molecule has 1 atom stereocenters. The third-order valence-electron chi connectivity index (χ3n) is 2.36. The molecule has 0 aromatic heterocycles. The monoisotopic (exact) mass is 488 g/mol. The molecule has 0 spiro atoms. The molecule has 0 fully saturated rings. The fourth-order valence-corrected chi connectivity index (χ4v) is 1.42. The maximum atomic E-state index is 8.84. The molecule has 0 aromatic rings. The molecule has 2 N–H and O–H groups in total. The molecule has 6 heteroatoms. The second-order valence-corrected chi connectivity index (χ2v) is 3.65. The molecule has 1 aliphatic rings. The van der Waals surface area contributed by atoms with Crippen molar-refractivity contribution in [2.24, 2.45) is 5.73 Å². The third kappa shape index (κ3) is 7.77. The molecular formula is C13H18N2O3U. The SMILES string of the molecule is [CH2-]COCCOCCOC1[C-]=CC(N)=C(C#N)C1.[U+2]. The molecule has 0 radical (unpaired) electrons. The Morgan fingerprint density at radius 1 is 1.37 bits per heavy atom. The van der Waals surface area contributed by atoms with E-state index in [1.807, 2.05) is 0 Å². The Hall–Kier alpha value is -0.298. The van der Waals surface area contributed by atoms with E-state index in [9.17, 15) is 0 Å². The Bertz CT molecular complexity index is 350. The summed E-state index contributed by atoms with van der Waals surface area (Å²) < 4.78 is 15.8. The van der Waals surface area contributed by atoms with Crippen LogP contribution < -0.4 is 5.73 Å². The van der Waals surface area contributed by atoms with Crippen molar-refractivity contribution in [3.8, 4) is 6.07 Å². The third-order valence-corrected chi connectivity index (χ3v) is 2.36. The quantitative estimate of drug-likeness (QED) is 0.403. The van der Waals surface area contributed by atoms with Gasteiger partial charge in [0.05, 0.1) is 32.5 Å². The maximum Gasteiger partial charge on any atom is 2.00 e. The zero-order valence-corrected chi connectivity index (χ0v) is 15.0. The minimum absolute atomic E-state index is 0. The molecule has 1 rings (SSSR count). The van der Waals surface area contributed by atoms with Gasteiger partial charge in [0.1, 0.15) is 0 Å². The zero-order valence-electron chi connectivity index (χ0n) is 10.9. The normalized spacial score (nSPS) is 18.0. The van der Waals surface area contributed by atoms with E-state index in [2.05, 4.69) is 19.1 Å². The van der Waals surface area contributed by atoms with Crippen LogP contribution in [0, 0.1) is 55.4 Å². The first-order chi connectivity index (χ1) is 8.77. The summed E-state index contributed by atoms with van der Waals surface area (Å²) >= 11 is 0. The van der Waals surface area contributed by atoms with Crippen LogP contribution in [0.2, 0.25) is 0 Å². The van der Waals surface area contributed by atoms with E-state index >= 15 is 0 Å². The van der Waals surface area contributed by atoms with Gasteiger partial charge in [0.2, 0.25) is 0 Å². The summed E-state index contributed by atoms with van der Waals surface area (Å²) in [5.41, 5.74) is 6.63. The van der Waals surface area contributed by atoms with Gasteiger partial charge in [0, 0.05) is 6.10 Å². The van der Waals surface area contributed by atoms with Gasteiger partial charge in [0.25, 0.3) is 0 Å². The van der Waals surface area contributed by atoms with Crippen LogP contribution in [0.5, 0.6) is 0 Å². The van der Waals surface area contributed by atoms with Crippen LogP contribution in [-0.2, 0) is 14.2 Å². The number of hydrogen-bond acceptors (Lipinski definition) is 5. The van der Waals surface area contributed by atoms with E-state index in [4.69, 9.17) is 25.2 Å². The molecule has 0 amide bonds. The van der Waals surface area contributed by atoms with E-state index < -0.39 is 0 Å². The minimum atomic E-state index is -0.216. The molecule has 0 aliphatic heterocycles. The first kappa shape index (κ1) is 18.7. The van der Waals surface area contributed by atoms with E-state index in [1.165, 1.54) is 0 Å². The van der Waals surface area contributed by atoms with E-state index in [-0.39, 0.29) is 37.2 Å². The average molecular weight is 488 g/mol. The van der Waals surface area contributed by atoms with Crippen LogP contribution >= 0.6 is 0 Å². The molecule has 0 bridgehead atoms. The van der Waals surface area contributed by atoms with Crippen molar-refractivity contribution in [2.45, 2.75) is 12.5 Å². The predicted octanol–water partition coefficient (Wildman–Crippen LogP) is 0.738. The molecule has 0 saturated carbocycles. The largest absolute Gasteiger partial charge is 2.00 e. The number of nitriles is 1. The van der Waals surface area contributed by atoms with Gasteiger partial charge in [0.15, 0.2) is 0 Å². The van der Waals surface area contributed by atoms with Gasteiger partial charge in [-0.05, 0) is 12.0 Å². The van der Waals surface area contributed by atoms with Gasteiger partial charge in [-0.1, -0.05) is 6.61 Å². The molecule has 102 valence electrons. The predicted molar refractivity (Wildman–Crippen MR) is 66.0 cm³/mol. The Morgan fingerprint density at radius 2 is 2.05 bits per heavy atom. The van der Waals surface area contributed by atoms with E-state index in [0.29, 0.717) is 50.7 Å². The zero-order chi connectivity index (χ0) is 13.2. The number of nitrogens with two attached hydrogens (primary N) is 1. The number of rotatable bonds is 8. The van der Waals surface area contributed by atoms with Crippen LogP contribution in [0.1, 0.15) is 6.42 Å². The van der Waals surface area contributed by atoms with Crippen molar-refractivity contribution >= 4 is 0 Å². The van der Waals surface area contributed by atoms with E-state index in [1.54, 1.807) is 6.08 Å². The summed E-state index contributed by atoms with van der Waals surface area (Å²) in [6, 6.07) is 2.06. The molecule has 0 aromatic carbocycles. The van der Waals surface area contributed by atoms with Gasteiger partial charge in [-0.2, -0.15) is 5.26 Å². The summed E-state index contributed by atoms with van der Waals surface area (Å²) in [4.78, 5) is 0. The van der Waals surface area contributed by atoms with Crippen molar-refractivity contribution in [3.63, 3.8) is 0 Å². The van der Waals surface area contributed by atoms with Crippen molar-refractivity contribution in [1.29, 1.82) is 5.26 Å². The fourth-order valence-electron chi connectivity index (χ4n) is 1.42. The van der Waals surface area contributed by atoms with Crippen molar-refractivity contribution in [1.82, 2.24) is 0 Å². The van der Waals surface area contributed by atoms with Gasteiger partial charge < -0.3 is 26.9 Å². The van der Waals surface area contributed by atoms with Gasteiger partial charge in [-0.3, -0.25) is 0 Å². The fraction of sp³-hybridized carbons (Fsp3) is 0.538. The number of nitrogens with zero attached hydrogens (tertiary/aromatic N) is 1. The first-order valence-electron chi connectivity index (χ1n) is 5.82. The van der Waals surface area contributed by atoms with Crippen LogP contribution in [0.25, 0.3) is 0 Å². The molecule has 19 heavy (non-hydrogen) atoms. The Balaban J connectivity index is 0.00000324. The van der Waals surface area contributed by atoms with Gasteiger partial charge in [-0.25, -0.2) is 12.2 Å². The van der Waals surface area contributed by atoms with Crippen molar-refractivity contribution < 1.29 is 45.3 Å². The smallest absolute Gasteiger partial charge is 0.474 e. The summed E-state index contributed by atoms with van der Waals surface area (Å²) in [5.74, 6) is 0. The van der Waals surface area contributed by atoms with Gasteiger partial charge in [-0.15, -0.1) is 5.70 Å². The van der Waals surface area contributed by atoms with E-state index in [0.717, 1.165) is 0 Å². The van der Waals surface area contributed by atoms with Crippen LogP contribution in [0.15, 0.2) is 17.3 Å². The summed E-state index contributed by atoms with van der Waals surface area (Å²) in [7, 11) is 0. The standard InChI is InChI=1S/C13H18N2O3.U/c1-2-16-5-6-17-7-8-18-12-3-4-13(15)11(9-12)10-14;/h4,12H,1-2,5-9,15H2;/q-2;+2. The van der Waals surface area contributed by atoms with Crippen LogP contribution in [0.4, 0.5) is 0 Å². The maximum absolute atomic E-state index is 8.84. The molecule has 1 unspecified atom stereocenters. The van der Waals surface area contributed by atoms with Crippen LogP contribution in [-0.4, -0.2) is 39.1 Å². The van der Waals surface area contributed by atoms with Gasteiger partial charge >= 0.3 is 31.1 Å². The van der Waals surface area contributed by atoms with Crippen molar-refractivity contribution in [3.05, 3.63) is 30.3 Å². The minimum Gasteiger partial charge on any atom is -0.474 e. The average Bonchev–Trinajstić information content (AvgIpc) is 2.39. The number of hydrogen-bond donors (Lipinski definition) is 1. The Morgan fingerprint density at radius 3 is 2.74 bits per heavy atom. The summed E-state index contributed by atoms with van der Waals surface area (Å²) in [6.07, 6.45) is 4.83. The molecule has 1 aliphatic carbocycles. The molecule has 0 saturated heterocycles. The second kappa shape index (κ2) is 11.5. The topological polar surface area (TPSA) is 77.5 Å². The Labute approximate surface area is 138 Å². The number of allylic oxidation sites excluding steroid dienone is 1. The summed E-state index contributed by atoms with van der Waals surface area (Å²) in [6.45, 7) is 6.00. The Kier molecular flexibility index (Phi) is 11.3. The van der Waals surface area contributed by atoms with Crippen molar-refractivity contribution in [2.75, 3.05) is 33.0 Å². The first-order valence-corrected chi connectivity index (χ1v) is 5.82. The molecule has 5 nitrogen and oxygen atoms in total. The second-order valence-electron chi connectivity index (χ2n) is 3.65.